The van der Waals surface area contributed by atoms with E-state index in [4.69, 9.17) is 0 Å². The van der Waals surface area contributed by atoms with Crippen molar-refractivity contribution in [2.24, 2.45) is 0 Å². The molecular formula is C18H22N4O3S. The Morgan fingerprint density at radius 2 is 2.12 bits per heavy atom. The second-order valence-electron chi connectivity index (χ2n) is 6.26. The van der Waals surface area contributed by atoms with Gasteiger partial charge in [-0.05, 0) is 31.0 Å². The lowest BCUT2D eigenvalue weighted by Crippen LogP contribution is -2.36. The smallest absolute Gasteiger partial charge is 0.413 e. The molecule has 3 rings (SSSR count). The van der Waals surface area contributed by atoms with Crippen LogP contribution >= 0.6 is 11.3 Å². The number of nitrogens with zero attached hydrogens (tertiary/aromatic N) is 2. The quantitative estimate of drug-likeness (QED) is 0.860. The summed E-state index contributed by atoms with van der Waals surface area (Å²) in [5, 5.41) is 6.12. The third-order valence-corrected chi connectivity index (χ3v) is 5.45. The van der Waals surface area contributed by atoms with Gasteiger partial charge in [0, 0.05) is 30.1 Å². The van der Waals surface area contributed by atoms with Crippen LogP contribution in [0.15, 0.2) is 18.2 Å². The summed E-state index contributed by atoms with van der Waals surface area (Å²) in [6.07, 6.45) is 0.228. The third-order valence-electron chi connectivity index (χ3n) is 4.45. The van der Waals surface area contributed by atoms with E-state index in [1.54, 1.807) is 0 Å². The van der Waals surface area contributed by atoms with Crippen LogP contribution in [0.1, 0.15) is 21.7 Å². The molecular weight excluding hydrogens is 352 g/mol. The summed E-state index contributed by atoms with van der Waals surface area (Å²) in [6, 6.07) is 5.89. The number of ether oxygens (including phenoxy) is 1. The Morgan fingerprint density at radius 3 is 2.88 bits per heavy atom. The first-order chi connectivity index (χ1) is 12.5. The largest absolute Gasteiger partial charge is 0.453 e. The monoisotopic (exact) mass is 374 g/mol. The Balaban J connectivity index is 1.59. The molecule has 26 heavy (non-hydrogen) atoms. The molecule has 2 amide bonds. The van der Waals surface area contributed by atoms with Crippen LogP contribution in [0, 0.1) is 13.8 Å². The Kier molecular flexibility index (Phi) is 5.53. The van der Waals surface area contributed by atoms with Crippen LogP contribution in [0.5, 0.6) is 0 Å². The predicted octanol–water partition coefficient (Wildman–Crippen LogP) is 2.94. The van der Waals surface area contributed by atoms with E-state index in [1.165, 1.54) is 18.4 Å². The number of benzene rings is 1. The van der Waals surface area contributed by atoms with Crippen LogP contribution < -0.4 is 10.6 Å². The number of anilines is 2. The maximum absolute atomic E-state index is 12.4. The number of carbonyl (C=O) groups is 2. The van der Waals surface area contributed by atoms with Crippen LogP contribution in [0.3, 0.4) is 0 Å². The molecule has 0 spiro atoms. The molecule has 0 bridgehead atoms. The zero-order valence-corrected chi connectivity index (χ0v) is 15.9. The Morgan fingerprint density at radius 1 is 1.31 bits per heavy atom. The lowest BCUT2D eigenvalue weighted by Gasteiger charge is -2.25. The standard InChI is InChI=1S/C18H22N4O3S/c1-11-5-4-6-13(12(11)2)19-16(23)10-22-8-7-14-15(9-22)26-17(20-14)21-18(24)25-3/h4-6H,7-10H2,1-3H3,(H,19,23)(H,20,21,24). The Bertz CT molecular complexity index is 834. The average Bonchev–Trinajstić information content (AvgIpc) is 3.00. The fraction of sp³-hybridized carbons (Fsp3) is 0.389. The maximum atomic E-state index is 12.4. The fourth-order valence-corrected chi connectivity index (χ4v) is 3.89. The number of hydrogen-bond donors (Lipinski definition) is 2. The van der Waals surface area contributed by atoms with Gasteiger partial charge in [0.25, 0.3) is 0 Å². The van der Waals surface area contributed by atoms with E-state index >= 15 is 0 Å². The van der Waals surface area contributed by atoms with Crippen molar-refractivity contribution < 1.29 is 14.3 Å². The topological polar surface area (TPSA) is 83.6 Å². The minimum Gasteiger partial charge on any atom is -0.453 e. The summed E-state index contributed by atoms with van der Waals surface area (Å²) in [7, 11) is 1.32. The van der Waals surface area contributed by atoms with E-state index in [1.807, 2.05) is 32.0 Å². The number of aromatic nitrogens is 1. The maximum Gasteiger partial charge on any atom is 0.413 e. The van der Waals surface area contributed by atoms with Gasteiger partial charge < -0.3 is 10.1 Å². The highest BCUT2D eigenvalue weighted by molar-refractivity contribution is 7.15. The van der Waals surface area contributed by atoms with Gasteiger partial charge in [-0.15, -0.1) is 0 Å². The molecule has 0 unspecified atom stereocenters. The van der Waals surface area contributed by atoms with E-state index in [0.29, 0.717) is 18.2 Å². The molecule has 1 aromatic heterocycles. The summed E-state index contributed by atoms with van der Waals surface area (Å²) in [5.74, 6) is -0.0282. The second-order valence-corrected chi connectivity index (χ2v) is 7.35. The number of nitrogens with one attached hydrogen (secondary N) is 2. The second kappa shape index (κ2) is 7.84. The molecule has 0 radical (unpaired) electrons. The van der Waals surface area contributed by atoms with Gasteiger partial charge >= 0.3 is 6.09 Å². The molecule has 0 saturated heterocycles. The zero-order chi connectivity index (χ0) is 18.7. The Hall–Kier alpha value is -2.45. The van der Waals surface area contributed by atoms with Crippen molar-refractivity contribution in [2.75, 3.05) is 30.8 Å². The third kappa shape index (κ3) is 4.20. The fourth-order valence-electron chi connectivity index (χ4n) is 2.85. The molecule has 2 aromatic rings. The van der Waals surface area contributed by atoms with Crippen LogP contribution in [0.25, 0.3) is 0 Å². The van der Waals surface area contributed by atoms with Gasteiger partial charge in [0.2, 0.25) is 5.91 Å². The van der Waals surface area contributed by atoms with Crippen molar-refractivity contribution in [3.8, 4) is 0 Å². The lowest BCUT2D eigenvalue weighted by atomic mass is 10.1. The van der Waals surface area contributed by atoms with Crippen LogP contribution in [0.2, 0.25) is 0 Å². The normalized spacial score (nSPS) is 13.8. The number of fused-ring (bicyclic) bond motifs is 1. The number of aryl methyl sites for hydroxylation is 1. The van der Waals surface area contributed by atoms with Gasteiger partial charge in [-0.2, -0.15) is 0 Å². The minimum absolute atomic E-state index is 0.0282. The summed E-state index contributed by atoms with van der Waals surface area (Å²) >= 11 is 1.42. The van der Waals surface area contributed by atoms with Crippen LogP contribution in [0.4, 0.5) is 15.6 Å². The highest BCUT2D eigenvalue weighted by atomic mass is 32.1. The minimum atomic E-state index is -0.527. The number of carbonyl (C=O) groups excluding carboxylic acids is 2. The number of rotatable bonds is 4. The van der Waals surface area contributed by atoms with E-state index in [9.17, 15) is 9.59 Å². The molecule has 2 heterocycles. The first kappa shape index (κ1) is 18.3. The molecule has 138 valence electrons. The van der Waals surface area contributed by atoms with E-state index in [-0.39, 0.29) is 5.91 Å². The SMILES string of the molecule is COC(=O)Nc1nc2c(s1)CN(CC(=O)Nc1cccc(C)c1C)CC2. The summed E-state index contributed by atoms with van der Waals surface area (Å²) in [5.41, 5.74) is 4.08. The van der Waals surface area contributed by atoms with Gasteiger partial charge in [-0.1, -0.05) is 23.5 Å². The first-order valence-electron chi connectivity index (χ1n) is 8.38. The van der Waals surface area contributed by atoms with Gasteiger partial charge in [-0.25, -0.2) is 9.78 Å². The predicted molar refractivity (Wildman–Crippen MR) is 102 cm³/mol. The molecule has 8 heteroatoms. The molecule has 1 aliphatic rings. The van der Waals surface area contributed by atoms with Crippen molar-refractivity contribution in [3.63, 3.8) is 0 Å². The number of thiazole rings is 1. The van der Waals surface area contributed by atoms with Gasteiger partial charge in [0.15, 0.2) is 5.13 Å². The highest BCUT2D eigenvalue weighted by Gasteiger charge is 2.23. The number of amides is 2. The van der Waals surface area contributed by atoms with Crippen molar-refractivity contribution in [2.45, 2.75) is 26.8 Å². The molecule has 1 aliphatic heterocycles. The van der Waals surface area contributed by atoms with Crippen molar-refractivity contribution in [1.82, 2.24) is 9.88 Å². The average molecular weight is 374 g/mol. The van der Waals surface area contributed by atoms with Crippen LogP contribution in [-0.4, -0.2) is 42.1 Å². The molecule has 1 aromatic carbocycles. The Labute approximate surface area is 156 Å². The first-order valence-corrected chi connectivity index (χ1v) is 9.20. The van der Waals surface area contributed by atoms with E-state index in [0.717, 1.165) is 40.4 Å². The van der Waals surface area contributed by atoms with Crippen molar-refractivity contribution in [3.05, 3.63) is 39.9 Å². The highest BCUT2D eigenvalue weighted by Crippen LogP contribution is 2.28. The molecule has 0 atom stereocenters. The van der Waals surface area contributed by atoms with Gasteiger partial charge in [-0.3, -0.25) is 15.0 Å². The summed E-state index contributed by atoms with van der Waals surface area (Å²) in [4.78, 5) is 31.3. The molecule has 0 saturated carbocycles. The molecule has 7 nitrogen and oxygen atoms in total. The summed E-state index contributed by atoms with van der Waals surface area (Å²) < 4.78 is 4.59. The zero-order valence-electron chi connectivity index (χ0n) is 15.1. The van der Waals surface area contributed by atoms with Crippen LogP contribution in [-0.2, 0) is 22.5 Å². The van der Waals surface area contributed by atoms with Crippen molar-refractivity contribution >= 4 is 34.2 Å². The lowest BCUT2D eigenvalue weighted by molar-refractivity contribution is -0.117. The van der Waals surface area contributed by atoms with E-state index < -0.39 is 6.09 Å². The van der Waals surface area contributed by atoms with E-state index in [2.05, 4.69) is 25.3 Å². The van der Waals surface area contributed by atoms with Crippen molar-refractivity contribution in [1.29, 1.82) is 0 Å². The number of methoxy groups -OCH3 is 1. The molecule has 0 fully saturated rings. The molecule has 2 N–H and O–H groups in total. The number of hydrogen-bond acceptors (Lipinski definition) is 6. The summed E-state index contributed by atoms with van der Waals surface area (Å²) in [6.45, 7) is 5.77. The molecule has 0 aliphatic carbocycles. The van der Waals surface area contributed by atoms with Gasteiger partial charge in [0.05, 0.1) is 19.3 Å². The van der Waals surface area contributed by atoms with Gasteiger partial charge in [0.1, 0.15) is 0 Å².